The number of carbonyl (C=O) groups is 1. The van der Waals surface area contributed by atoms with E-state index in [0.29, 0.717) is 44.9 Å². The van der Waals surface area contributed by atoms with Gasteiger partial charge in [0.05, 0.1) is 16.8 Å². The van der Waals surface area contributed by atoms with Crippen LogP contribution in [0, 0.1) is 13.8 Å². The lowest BCUT2D eigenvalue weighted by molar-refractivity contribution is 0.103. The number of aromatic nitrogens is 2. The number of carbonyl (C=O) groups excluding carboxylic acids is 1. The molecule has 1 atom stereocenters. The second-order valence-corrected chi connectivity index (χ2v) is 8.81. The van der Waals surface area contributed by atoms with E-state index in [0.717, 1.165) is 11.3 Å². The third-order valence-electron chi connectivity index (χ3n) is 4.77. The Kier molecular flexibility index (Phi) is 6.48. The summed E-state index contributed by atoms with van der Waals surface area (Å²) in [5.41, 5.74) is 2.67. The van der Waals surface area contributed by atoms with Crippen LogP contribution in [0.4, 0.5) is 5.69 Å². The average molecular weight is 466 g/mol. The highest BCUT2D eigenvalue weighted by Gasteiger charge is 2.18. The lowest BCUT2D eigenvalue weighted by Crippen LogP contribution is -2.12. The fourth-order valence-electron chi connectivity index (χ4n) is 3.18. The molecule has 3 aromatic rings. The van der Waals surface area contributed by atoms with E-state index in [9.17, 15) is 9.00 Å². The van der Waals surface area contributed by atoms with Gasteiger partial charge in [-0.1, -0.05) is 29.8 Å². The average Bonchev–Trinajstić information content (AvgIpc) is 3.05. The monoisotopic (exact) mass is 465 g/mol. The number of ketones is 1. The van der Waals surface area contributed by atoms with Crippen LogP contribution in [0.2, 0.25) is 5.02 Å². The van der Waals surface area contributed by atoms with Crippen LogP contribution in [0.25, 0.3) is 5.57 Å². The second-order valence-electron chi connectivity index (χ2n) is 7.16. The number of benzene rings is 1. The van der Waals surface area contributed by atoms with Crippen LogP contribution in [0.15, 0.2) is 76.2 Å². The first-order chi connectivity index (χ1) is 15.4. The molecule has 2 aromatic heterocycles. The Bertz CT molecular complexity index is 1310. The molecule has 32 heavy (non-hydrogen) atoms. The summed E-state index contributed by atoms with van der Waals surface area (Å²) in [6, 6.07) is 10.1. The molecule has 8 heteroatoms. The highest BCUT2D eigenvalue weighted by Crippen LogP contribution is 2.27. The second kappa shape index (κ2) is 9.46. The molecule has 2 heterocycles. The molecule has 0 aliphatic heterocycles. The number of halogens is 1. The van der Waals surface area contributed by atoms with Crippen molar-refractivity contribution >= 4 is 39.6 Å². The molecule has 1 aliphatic carbocycles. The summed E-state index contributed by atoms with van der Waals surface area (Å²) < 4.78 is 21.6. The normalized spacial score (nSPS) is 14.3. The first kappa shape index (κ1) is 21.9. The SMILES string of the molecule is Cc1cccc(C(=O)c2cc(Cl)ccc2NS(=O)C2=CC=C(c3cnc(C)o3)CC=C2)n1. The lowest BCUT2D eigenvalue weighted by atomic mass is 10.1. The molecule has 6 nitrogen and oxygen atoms in total. The minimum Gasteiger partial charge on any atom is -0.441 e. The Morgan fingerprint density at radius 1 is 1.19 bits per heavy atom. The van der Waals surface area contributed by atoms with Crippen molar-refractivity contribution < 1.29 is 13.4 Å². The Hall–Kier alpha value is -3.29. The van der Waals surface area contributed by atoms with E-state index in [4.69, 9.17) is 16.0 Å². The number of allylic oxidation sites excluding steroid dienone is 5. The third-order valence-corrected chi connectivity index (χ3v) is 6.11. The van der Waals surface area contributed by atoms with E-state index in [2.05, 4.69) is 14.7 Å². The van der Waals surface area contributed by atoms with Gasteiger partial charge in [0.15, 0.2) is 11.7 Å². The summed E-state index contributed by atoms with van der Waals surface area (Å²) in [6.45, 7) is 3.60. The number of nitrogens with zero attached hydrogens (tertiary/aromatic N) is 2. The minimum absolute atomic E-state index is 0.296. The van der Waals surface area contributed by atoms with Crippen LogP contribution >= 0.6 is 11.6 Å². The molecule has 0 amide bonds. The van der Waals surface area contributed by atoms with Crippen molar-refractivity contribution in [1.29, 1.82) is 0 Å². The molecule has 0 saturated carbocycles. The highest BCUT2D eigenvalue weighted by atomic mass is 35.5. The molecule has 0 saturated heterocycles. The number of rotatable bonds is 6. The molecule has 0 spiro atoms. The quantitative estimate of drug-likeness (QED) is 0.481. The van der Waals surface area contributed by atoms with Gasteiger partial charge < -0.3 is 9.14 Å². The number of pyridine rings is 1. The van der Waals surface area contributed by atoms with Crippen LogP contribution in [0.1, 0.15) is 39.8 Å². The summed E-state index contributed by atoms with van der Waals surface area (Å²) in [7, 11) is -1.61. The number of hydrogen-bond acceptors (Lipinski definition) is 5. The Morgan fingerprint density at radius 2 is 2.03 bits per heavy atom. The van der Waals surface area contributed by atoms with E-state index in [1.807, 2.05) is 25.1 Å². The van der Waals surface area contributed by atoms with Crippen LogP contribution in [-0.2, 0) is 11.0 Å². The van der Waals surface area contributed by atoms with Crippen LogP contribution < -0.4 is 4.72 Å². The molecule has 0 bridgehead atoms. The van der Waals surface area contributed by atoms with Crippen LogP contribution in [0.3, 0.4) is 0 Å². The smallest absolute Gasteiger partial charge is 0.213 e. The van der Waals surface area contributed by atoms with Crippen LogP contribution in [0.5, 0.6) is 0 Å². The fourth-order valence-corrected chi connectivity index (χ4v) is 4.26. The molecule has 162 valence electrons. The first-order valence-electron chi connectivity index (χ1n) is 9.87. The van der Waals surface area contributed by atoms with Crippen molar-refractivity contribution in [1.82, 2.24) is 9.97 Å². The fraction of sp³-hybridized carbons (Fsp3) is 0.125. The number of oxazole rings is 1. The Labute approximate surface area is 193 Å². The van der Waals surface area contributed by atoms with E-state index in [1.165, 1.54) is 0 Å². The molecule has 1 unspecified atom stereocenters. The zero-order valence-corrected chi connectivity index (χ0v) is 19.0. The van der Waals surface area contributed by atoms with E-state index >= 15 is 0 Å². The topological polar surface area (TPSA) is 85.1 Å². The van der Waals surface area contributed by atoms with Gasteiger partial charge in [0, 0.05) is 28.8 Å². The van der Waals surface area contributed by atoms with Crippen molar-refractivity contribution in [3.05, 3.63) is 105 Å². The largest absolute Gasteiger partial charge is 0.441 e. The number of nitrogens with one attached hydrogen (secondary N) is 1. The Morgan fingerprint density at radius 3 is 2.78 bits per heavy atom. The van der Waals surface area contributed by atoms with Crippen molar-refractivity contribution in [3.8, 4) is 0 Å². The van der Waals surface area contributed by atoms with Gasteiger partial charge in [0.25, 0.3) is 0 Å². The molecule has 1 aliphatic rings. The zero-order chi connectivity index (χ0) is 22.7. The summed E-state index contributed by atoms with van der Waals surface area (Å²) in [5, 5.41) is 0.404. The predicted molar refractivity (Wildman–Crippen MR) is 127 cm³/mol. The van der Waals surface area contributed by atoms with E-state index < -0.39 is 11.0 Å². The maximum absolute atomic E-state index is 13.1. The van der Waals surface area contributed by atoms with Gasteiger partial charge in [0.2, 0.25) is 5.78 Å². The number of hydrogen-bond donors (Lipinski definition) is 1. The maximum atomic E-state index is 13.1. The summed E-state index contributed by atoms with van der Waals surface area (Å²) in [4.78, 5) is 22.0. The van der Waals surface area contributed by atoms with Crippen molar-refractivity contribution in [3.63, 3.8) is 0 Å². The molecule has 0 fully saturated rings. The highest BCUT2D eigenvalue weighted by molar-refractivity contribution is 7.90. The lowest BCUT2D eigenvalue weighted by Gasteiger charge is -2.12. The zero-order valence-electron chi connectivity index (χ0n) is 17.5. The molecular weight excluding hydrogens is 446 g/mol. The molecule has 1 N–H and O–H groups in total. The Balaban J connectivity index is 1.60. The predicted octanol–water partition coefficient (Wildman–Crippen LogP) is 5.57. The standard InChI is InChI=1S/C24H20ClN3O3S/c1-15-5-3-8-22(27-15)24(29)20-13-18(25)10-12-21(20)28-32(30)19-7-4-6-17(9-11-19)23-14-26-16(2)31-23/h3-5,7-14,28H,6H2,1-2H3. The van der Waals surface area contributed by atoms with Crippen molar-refractivity contribution in [2.24, 2.45) is 0 Å². The van der Waals surface area contributed by atoms with Gasteiger partial charge in [0.1, 0.15) is 16.7 Å². The molecular formula is C24H20ClN3O3S. The minimum atomic E-state index is -1.61. The van der Waals surface area contributed by atoms with Gasteiger partial charge in [-0.25, -0.2) is 14.2 Å². The summed E-state index contributed by atoms with van der Waals surface area (Å²) in [5.74, 6) is 0.968. The third kappa shape index (κ3) is 4.95. The number of anilines is 1. The molecule has 1 aromatic carbocycles. The van der Waals surface area contributed by atoms with Gasteiger partial charge in [-0.3, -0.25) is 4.79 Å². The summed E-state index contributed by atoms with van der Waals surface area (Å²) >= 11 is 6.14. The molecule has 4 rings (SSSR count). The van der Waals surface area contributed by atoms with E-state index in [1.54, 1.807) is 55.6 Å². The van der Waals surface area contributed by atoms with Crippen molar-refractivity contribution in [2.45, 2.75) is 20.3 Å². The van der Waals surface area contributed by atoms with Gasteiger partial charge in [-0.2, -0.15) is 0 Å². The van der Waals surface area contributed by atoms with Gasteiger partial charge >= 0.3 is 0 Å². The first-order valence-corrected chi connectivity index (χ1v) is 11.4. The molecule has 0 radical (unpaired) electrons. The van der Waals surface area contributed by atoms with Crippen LogP contribution in [-0.4, -0.2) is 20.0 Å². The van der Waals surface area contributed by atoms with E-state index in [-0.39, 0.29) is 5.78 Å². The van der Waals surface area contributed by atoms with Crippen molar-refractivity contribution in [2.75, 3.05) is 4.72 Å². The number of aryl methyl sites for hydroxylation is 2. The van der Waals surface area contributed by atoms with Gasteiger partial charge in [-0.15, -0.1) is 0 Å². The van der Waals surface area contributed by atoms with Gasteiger partial charge in [-0.05, 0) is 55.8 Å². The summed E-state index contributed by atoms with van der Waals surface area (Å²) in [6.07, 6.45) is 9.62. The maximum Gasteiger partial charge on any atom is 0.213 e.